The normalized spacial score (nSPS) is 10.6. The van der Waals surface area contributed by atoms with Crippen molar-refractivity contribution in [2.75, 3.05) is 12.4 Å². The number of amides is 2. The standard InChI is InChI=1S/C16H18N6O2/c1-10-12-7-11(8-18-15(12)22(2)21-10)20-16(23)19-9-13-14(24-3)5-4-6-17-13/h4-8H,9H2,1-3H3,(H2,19,20,23). The van der Waals surface area contributed by atoms with Gasteiger partial charge in [-0.15, -0.1) is 0 Å². The second kappa shape index (κ2) is 6.53. The second-order valence-electron chi connectivity index (χ2n) is 5.26. The summed E-state index contributed by atoms with van der Waals surface area (Å²) in [5.41, 5.74) is 2.90. The molecule has 0 aliphatic rings. The van der Waals surface area contributed by atoms with Crippen LogP contribution in [0.25, 0.3) is 11.0 Å². The first-order valence-electron chi connectivity index (χ1n) is 7.40. The summed E-state index contributed by atoms with van der Waals surface area (Å²) < 4.78 is 6.92. The van der Waals surface area contributed by atoms with E-state index in [0.29, 0.717) is 17.1 Å². The van der Waals surface area contributed by atoms with Gasteiger partial charge in [0.1, 0.15) is 11.4 Å². The molecule has 24 heavy (non-hydrogen) atoms. The monoisotopic (exact) mass is 326 g/mol. The zero-order valence-corrected chi connectivity index (χ0v) is 13.7. The van der Waals surface area contributed by atoms with Crippen LogP contribution < -0.4 is 15.4 Å². The molecule has 0 fully saturated rings. The minimum absolute atomic E-state index is 0.261. The Morgan fingerprint density at radius 3 is 3.00 bits per heavy atom. The lowest BCUT2D eigenvalue weighted by Crippen LogP contribution is -2.28. The third-order valence-corrected chi connectivity index (χ3v) is 3.61. The molecule has 124 valence electrons. The van der Waals surface area contributed by atoms with E-state index in [1.54, 1.807) is 36.3 Å². The predicted molar refractivity (Wildman–Crippen MR) is 89.9 cm³/mol. The molecule has 0 spiro atoms. The quantitative estimate of drug-likeness (QED) is 0.765. The van der Waals surface area contributed by atoms with Gasteiger partial charge in [0.15, 0.2) is 5.65 Å². The average Bonchev–Trinajstić information content (AvgIpc) is 2.87. The predicted octanol–water partition coefficient (Wildman–Crippen LogP) is 2.00. The molecule has 0 atom stereocenters. The topological polar surface area (TPSA) is 94.0 Å². The van der Waals surface area contributed by atoms with Crippen LogP contribution in [0.2, 0.25) is 0 Å². The number of aromatic nitrogens is 4. The molecule has 0 aromatic carbocycles. The number of carbonyl (C=O) groups is 1. The molecule has 8 heteroatoms. The van der Waals surface area contributed by atoms with Crippen molar-refractivity contribution in [2.45, 2.75) is 13.5 Å². The summed E-state index contributed by atoms with van der Waals surface area (Å²) in [7, 11) is 3.40. The second-order valence-corrected chi connectivity index (χ2v) is 5.26. The van der Waals surface area contributed by atoms with Crippen LogP contribution in [0.15, 0.2) is 30.6 Å². The number of rotatable bonds is 4. The van der Waals surface area contributed by atoms with Crippen LogP contribution in [0, 0.1) is 6.92 Å². The fourth-order valence-corrected chi connectivity index (χ4v) is 2.46. The molecular weight excluding hydrogens is 308 g/mol. The lowest BCUT2D eigenvalue weighted by Gasteiger charge is -2.09. The highest BCUT2D eigenvalue weighted by Crippen LogP contribution is 2.19. The number of fused-ring (bicyclic) bond motifs is 1. The van der Waals surface area contributed by atoms with Crippen LogP contribution in [0.1, 0.15) is 11.4 Å². The number of carbonyl (C=O) groups excluding carboxylic acids is 1. The Morgan fingerprint density at radius 1 is 1.38 bits per heavy atom. The van der Waals surface area contributed by atoms with Gasteiger partial charge in [0, 0.05) is 18.6 Å². The van der Waals surface area contributed by atoms with Crippen molar-refractivity contribution in [3.8, 4) is 5.75 Å². The lowest BCUT2D eigenvalue weighted by atomic mass is 10.2. The minimum Gasteiger partial charge on any atom is -0.495 e. The summed E-state index contributed by atoms with van der Waals surface area (Å²) in [6.07, 6.45) is 3.25. The van der Waals surface area contributed by atoms with Crippen LogP contribution in [0.4, 0.5) is 10.5 Å². The van der Waals surface area contributed by atoms with Crippen molar-refractivity contribution in [3.05, 3.63) is 42.0 Å². The summed E-state index contributed by atoms with van der Waals surface area (Å²) >= 11 is 0. The maximum Gasteiger partial charge on any atom is 0.319 e. The van der Waals surface area contributed by atoms with Gasteiger partial charge in [-0.1, -0.05) is 0 Å². The number of nitrogens with one attached hydrogen (secondary N) is 2. The Kier molecular flexibility index (Phi) is 4.28. The summed E-state index contributed by atoms with van der Waals surface area (Å²) in [6, 6.07) is 5.08. The molecule has 8 nitrogen and oxygen atoms in total. The molecule has 0 bridgehead atoms. The van der Waals surface area contributed by atoms with E-state index < -0.39 is 0 Å². The Labute approximate surface area is 138 Å². The van der Waals surface area contributed by atoms with Gasteiger partial charge in [0.2, 0.25) is 0 Å². The van der Waals surface area contributed by atoms with Gasteiger partial charge in [0.05, 0.1) is 31.2 Å². The maximum absolute atomic E-state index is 12.1. The molecule has 0 saturated heterocycles. The number of anilines is 1. The van der Waals surface area contributed by atoms with Crippen LogP contribution in [0.5, 0.6) is 5.75 Å². The molecular formula is C16H18N6O2. The SMILES string of the molecule is COc1cccnc1CNC(=O)Nc1cnc2c(c1)c(C)nn2C. The summed E-state index contributed by atoms with van der Waals surface area (Å²) in [5, 5.41) is 10.7. The van der Waals surface area contributed by atoms with Gasteiger partial charge >= 0.3 is 6.03 Å². The van der Waals surface area contributed by atoms with Crippen molar-refractivity contribution in [2.24, 2.45) is 7.05 Å². The summed E-state index contributed by atoms with van der Waals surface area (Å²) in [6.45, 7) is 2.17. The number of urea groups is 1. The highest BCUT2D eigenvalue weighted by molar-refractivity contribution is 5.92. The first kappa shape index (κ1) is 15.7. The van der Waals surface area contributed by atoms with Crippen molar-refractivity contribution in [3.63, 3.8) is 0 Å². The molecule has 3 rings (SSSR count). The van der Waals surface area contributed by atoms with E-state index in [2.05, 4.69) is 25.7 Å². The highest BCUT2D eigenvalue weighted by Gasteiger charge is 2.10. The van der Waals surface area contributed by atoms with E-state index in [1.807, 2.05) is 20.0 Å². The van der Waals surface area contributed by atoms with E-state index in [4.69, 9.17) is 4.74 Å². The molecule has 3 aromatic heterocycles. The zero-order valence-electron chi connectivity index (χ0n) is 13.7. The van der Waals surface area contributed by atoms with E-state index in [1.165, 1.54) is 0 Å². The van der Waals surface area contributed by atoms with Crippen LogP contribution in [0.3, 0.4) is 0 Å². The maximum atomic E-state index is 12.1. The Bertz CT molecular complexity index is 889. The Morgan fingerprint density at radius 2 is 2.21 bits per heavy atom. The lowest BCUT2D eigenvalue weighted by molar-refractivity contribution is 0.251. The molecule has 0 unspecified atom stereocenters. The molecule has 3 aromatic rings. The number of nitrogens with zero attached hydrogens (tertiary/aromatic N) is 4. The smallest absolute Gasteiger partial charge is 0.319 e. The summed E-state index contributed by atoms with van der Waals surface area (Å²) in [4.78, 5) is 20.6. The highest BCUT2D eigenvalue weighted by atomic mass is 16.5. The molecule has 0 saturated carbocycles. The summed E-state index contributed by atoms with van der Waals surface area (Å²) in [5.74, 6) is 0.631. The van der Waals surface area contributed by atoms with E-state index in [-0.39, 0.29) is 12.6 Å². The van der Waals surface area contributed by atoms with Gasteiger partial charge in [-0.05, 0) is 25.1 Å². The van der Waals surface area contributed by atoms with Crippen molar-refractivity contribution in [1.82, 2.24) is 25.1 Å². The average molecular weight is 326 g/mol. The third kappa shape index (κ3) is 3.12. The molecule has 2 N–H and O–H groups in total. The molecule has 0 aliphatic heterocycles. The number of ether oxygens (including phenoxy) is 1. The molecule has 3 heterocycles. The fourth-order valence-electron chi connectivity index (χ4n) is 2.46. The number of aryl methyl sites for hydroxylation is 2. The first-order valence-corrected chi connectivity index (χ1v) is 7.40. The minimum atomic E-state index is -0.342. The van der Waals surface area contributed by atoms with Gasteiger partial charge in [-0.3, -0.25) is 9.67 Å². The first-order chi connectivity index (χ1) is 11.6. The fraction of sp³-hybridized carbons (Fsp3) is 0.250. The van der Waals surface area contributed by atoms with E-state index >= 15 is 0 Å². The zero-order chi connectivity index (χ0) is 17.1. The molecule has 2 amide bonds. The Hall–Kier alpha value is -3.16. The Balaban J connectivity index is 1.67. The van der Waals surface area contributed by atoms with Gasteiger partial charge < -0.3 is 15.4 Å². The van der Waals surface area contributed by atoms with E-state index in [0.717, 1.165) is 16.7 Å². The van der Waals surface area contributed by atoms with E-state index in [9.17, 15) is 4.79 Å². The van der Waals surface area contributed by atoms with Crippen molar-refractivity contribution in [1.29, 1.82) is 0 Å². The van der Waals surface area contributed by atoms with Crippen LogP contribution >= 0.6 is 0 Å². The van der Waals surface area contributed by atoms with Crippen LogP contribution in [-0.2, 0) is 13.6 Å². The van der Waals surface area contributed by atoms with Crippen molar-refractivity contribution >= 4 is 22.8 Å². The van der Waals surface area contributed by atoms with Crippen molar-refractivity contribution < 1.29 is 9.53 Å². The molecule has 0 aliphatic carbocycles. The number of hydrogen-bond donors (Lipinski definition) is 2. The van der Waals surface area contributed by atoms with Gasteiger partial charge in [-0.2, -0.15) is 5.10 Å². The van der Waals surface area contributed by atoms with Crippen LogP contribution in [-0.4, -0.2) is 32.9 Å². The van der Waals surface area contributed by atoms with Gasteiger partial charge in [-0.25, -0.2) is 9.78 Å². The number of hydrogen-bond acceptors (Lipinski definition) is 5. The van der Waals surface area contributed by atoms with Gasteiger partial charge in [0.25, 0.3) is 0 Å². The number of pyridine rings is 2. The molecule has 0 radical (unpaired) electrons. The third-order valence-electron chi connectivity index (χ3n) is 3.61. The number of methoxy groups -OCH3 is 1. The largest absolute Gasteiger partial charge is 0.495 e.